The van der Waals surface area contributed by atoms with Gasteiger partial charge in [-0.2, -0.15) is 5.10 Å². The average Bonchev–Trinajstić information content (AvgIpc) is 3.33. The first-order valence-electron chi connectivity index (χ1n) is 9.87. The molecular weight excluding hydrogens is 352 g/mol. The summed E-state index contributed by atoms with van der Waals surface area (Å²) in [6.45, 7) is 9.29. The molecule has 2 aliphatic rings. The van der Waals surface area contributed by atoms with Gasteiger partial charge in [-0.05, 0) is 51.2 Å². The summed E-state index contributed by atoms with van der Waals surface area (Å²) in [6, 6.07) is 2.14. The number of carbonyl (C=O) groups excluding carboxylic acids is 1. The predicted molar refractivity (Wildman–Crippen MR) is 111 cm³/mol. The van der Waals surface area contributed by atoms with Crippen LogP contribution in [0.15, 0.2) is 47.9 Å². The van der Waals surface area contributed by atoms with Crippen LogP contribution in [-0.2, 0) is 0 Å². The minimum Gasteiger partial charge on any atom is -0.349 e. The Labute approximate surface area is 164 Å². The molecule has 0 saturated carbocycles. The fourth-order valence-electron chi connectivity index (χ4n) is 3.97. The highest BCUT2D eigenvalue weighted by atomic mass is 16.1. The normalized spacial score (nSPS) is 25.1. The van der Waals surface area contributed by atoms with Crippen molar-refractivity contribution in [3.05, 3.63) is 48.5 Å². The highest BCUT2D eigenvalue weighted by molar-refractivity contribution is 6.02. The second-order valence-corrected chi connectivity index (χ2v) is 7.46. The van der Waals surface area contributed by atoms with Crippen molar-refractivity contribution in [1.29, 1.82) is 0 Å². The summed E-state index contributed by atoms with van der Waals surface area (Å²) in [7, 11) is 0. The number of carbonyl (C=O) groups is 1. The van der Waals surface area contributed by atoms with Crippen LogP contribution in [-0.4, -0.2) is 44.8 Å². The Bertz CT molecular complexity index is 972. The molecule has 1 amide bonds. The number of anilines is 1. The molecule has 0 aliphatic carbocycles. The Hall–Kier alpha value is -2.96. The number of nitrogens with one attached hydrogen (secondary N) is 1. The van der Waals surface area contributed by atoms with Gasteiger partial charge < -0.3 is 10.2 Å². The van der Waals surface area contributed by atoms with Crippen LogP contribution in [0.2, 0.25) is 0 Å². The van der Waals surface area contributed by atoms with E-state index in [2.05, 4.69) is 26.9 Å². The number of allylic oxidation sites excluding steroid dienone is 1. The Morgan fingerprint density at radius 1 is 1.39 bits per heavy atom. The maximum absolute atomic E-state index is 12.8. The minimum atomic E-state index is -0.143. The summed E-state index contributed by atoms with van der Waals surface area (Å²) in [5.41, 5.74) is 3.13. The number of aromatic nitrogens is 3. The summed E-state index contributed by atoms with van der Waals surface area (Å²) in [5, 5.41) is 7.35. The molecule has 0 radical (unpaired) electrons. The molecule has 7 nitrogen and oxygen atoms in total. The molecular formula is C21H26N6O. The zero-order valence-electron chi connectivity index (χ0n) is 16.4. The van der Waals surface area contributed by atoms with E-state index in [4.69, 9.17) is 4.98 Å². The van der Waals surface area contributed by atoms with E-state index in [1.807, 2.05) is 38.4 Å². The Morgan fingerprint density at radius 2 is 2.25 bits per heavy atom. The van der Waals surface area contributed by atoms with Gasteiger partial charge in [0.05, 0.1) is 12.2 Å². The lowest BCUT2D eigenvalue weighted by Crippen LogP contribution is -2.34. The molecule has 2 atom stereocenters. The first-order chi connectivity index (χ1) is 13.6. The van der Waals surface area contributed by atoms with Gasteiger partial charge in [-0.25, -0.2) is 9.50 Å². The molecule has 0 unspecified atom stereocenters. The van der Waals surface area contributed by atoms with Crippen LogP contribution < -0.4 is 10.2 Å². The maximum atomic E-state index is 12.8. The van der Waals surface area contributed by atoms with Gasteiger partial charge in [-0.15, -0.1) is 0 Å². The van der Waals surface area contributed by atoms with E-state index in [0.717, 1.165) is 49.3 Å². The molecule has 7 heteroatoms. The number of rotatable bonds is 1. The maximum Gasteiger partial charge on any atom is 0.256 e. The fraction of sp³-hybridized carbons (Fsp3) is 0.429. The van der Waals surface area contributed by atoms with Crippen molar-refractivity contribution in [2.45, 2.75) is 51.6 Å². The summed E-state index contributed by atoms with van der Waals surface area (Å²) in [6.07, 6.45) is 10.9. The van der Waals surface area contributed by atoms with Crippen LogP contribution in [0.1, 0.15) is 49.9 Å². The summed E-state index contributed by atoms with van der Waals surface area (Å²) >= 11 is 0. The highest BCUT2D eigenvalue weighted by Crippen LogP contribution is 2.30. The Balaban J connectivity index is 1.81. The van der Waals surface area contributed by atoms with Gasteiger partial charge in [0, 0.05) is 30.7 Å². The zero-order valence-corrected chi connectivity index (χ0v) is 16.4. The van der Waals surface area contributed by atoms with Crippen LogP contribution >= 0.6 is 0 Å². The van der Waals surface area contributed by atoms with Crippen LogP contribution in [0.4, 0.5) is 5.82 Å². The third-order valence-electron chi connectivity index (χ3n) is 5.49. The van der Waals surface area contributed by atoms with E-state index >= 15 is 0 Å². The minimum absolute atomic E-state index is 0.00896. The summed E-state index contributed by atoms with van der Waals surface area (Å²) in [5.74, 6) is 0.707. The molecule has 4 rings (SSSR count). The molecule has 2 aromatic heterocycles. The first-order valence-corrected chi connectivity index (χ1v) is 9.87. The van der Waals surface area contributed by atoms with Gasteiger partial charge in [-0.1, -0.05) is 12.7 Å². The van der Waals surface area contributed by atoms with Crippen molar-refractivity contribution < 1.29 is 4.79 Å². The molecule has 4 heterocycles. The summed E-state index contributed by atoms with van der Waals surface area (Å²) in [4.78, 5) is 24.5. The van der Waals surface area contributed by atoms with Gasteiger partial charge >= 0.3 is 0 Å². The molecule has 2 aliphatic heterocycles. The van der Waals surface area contributed by atoms with Crippen molar-refractivity contribution in [2.75, 3.05) is 11.4 Å². The number of hydrogen-bond acceptors (Lipinski definition) is 5. The van der Waals surface area contributed by atoms with Crippen LogP contribution in [0, 0.1) is 0 Å². The average molecular weight is 378 g/mol. The second-order valence-electron chi connectivity index (χ2n) is 7.46. The smallest absolute Gasteiger partial charge is 0.256 e. The highest BCUT2D eigenvalue weighted by Gasteiger charge is 2.31. The second kappa shape index (κ2) is 7.58. The molecule has 146 valence electrons. The van der Waals surface area contributed by atoms with Gasteiger partial charge in [0.25, 0.3) is 5.91 Å². The van der Waals surface area contributed by atoms with Gasteiger partial charge in [0.1, 0.15) is 11.4 Å². The predicted octanol–water partition coefficient (Wildman–Crippen LogP) is 3.14. The van der Waals surface area contributed by atoms with Crippen LogP contribution in [0.5, 0.6) is 0 Å². The zero-order chi connectivity index (χ0) is 19.7. The number of hydrogen-bond donors (Lipinski definition) is 1. The topological polar surface area (TPSA) is 74.9 Å². The number of amides is 1. The molecule has 28 heavy (non-hydrogen) atoms. The number of fused-ring (bicyclic) bond motifs is 3. The fourth-order valence-corrected chi connectivity index (χ4v) is 3.97. The van der Waals surface area contributed by atoms with E-state index in [1.54, 1.807) is 10.7 Å². The van der Waals surface area contributed by atoms with Crippen molar-refractivity contribution in [3.63, 3.8) is 0 Å². The number of nitrogens with zero attached hydrogens (tertiary/aromatic N) is 5. The lowest BCUT2D eigenvalue weighted by atomic mass is 9.96. The molecule has 1 saturated heterocycles. The van der Waals surface area contributed by atoms with Gasteiger partial charge in [-0.3, -0.25) is 9.79 Å². The first kappa shape index (κ1) is 18.4. The third kappa shape index (κ3) is 3.32. The monoisotopic (exact) mass is 378 g/mol. The van der Waals surface area contributed by atoms with E-state index in [1.165, 1.54) is 0 Å². The molecule has 2 bridgehead atoms. The molecule has 1 fully saturated rings. The third-order valence-corrected chi connectivity index (χ3v) is 5.49. The SMILES string of the molecule is C=C1C(=N/C=C\C)CC[C@@H](C)NC(=O)c2cnn3ccc(nc23)N2CCC[C@H]12. The van der Waals surface area contributed by atoms with E-state index in [-0.39, 0.29) is 18.0 Å². The Morgan fingerprint density at radius 3 is 3.07 bits per heavy atom. The van der Waals surface area contributed by atoms with E-state index in [9.17, 15) is 4.79 Å². The standard InChI is InChI=1S/C21H26N6O/c1-4-10-22-17-8-7-14(2)24-21(28)16-13-23-27-12-9-19(25-20(16)27)26-11-5-6-18(26)15(17)3/h4,9-10,12-14,18H,3,5-8,11H2,1-2H3,(H,24,28)/b10-4-,22-17?/t14-,18-/m1/s1. The van der Waals surface area contributed by atoms with Gasteiger partial charge in [0.15, 0.2) is 5.65 Å². The van der Waals surface area contributed by atoms with Crippen molar-refractivity contribution in [1.82, 2.24) is 19.9 Å². The quantitative estimate of drug-likeness (QED) is 0.827. The Kier molecular flexibility index (Phi) is 4.98. The number of aliphatic imine (C=N–C) groups is 1. The van der Waals surface area contributed by atoms with Crippen molar-refractivity contribution in [3.8, 4) is 0 Å². The van der Waals surface area contributed by atoms with E-state index < -0.39 is 0 Å². The van der Waals surface area contributed by atoms with Crippen molar-refractivity contribution in [2.24, 2.45) is 4.99 Å². The van der Waals surface area contributed by atoms with E-state index in [0.29, 0.717) is 11.2 Å². The van der Waals surface area contributed by atoms with Crippen molar-refractivity contribution >= 4 is 23.1 Å². The lowest BCUT2D eigenvalue weighted by Gasteiger charge is -2.28. The lowest BCUT2D eigenvalue weighted by molar-refractivity contribution is 0.0940. The van der Waals surface area contributed by atoms with Gasteiger partial charge in [0.2, 0.25) is 0 Å². The molecule has 1 N–H and O–H groups in total. The molecule has 0 aromatic carbocycles. The van der Waals surface area contributed by atoms with Crippen LogP contribution in [0.25, 0.3) is 5.65 Å². The summed E-state index contributed by atoms with van der Waals surface area (Å²) < 4.78 is 1.65. The largest absolute Gasteiger partial charge is 0.349 e. The molecule has 0 spiro atoms. The molecule has 2 aromatic rings. The van der Waals surface area contributed by atoms with Crippen LogP contribution in [0.3, 0.4) is 0 Å².